The van der Waals surface area contributed by atoms with Crippen LogP contribution in [-0.4, -0.2) is 23.4 Å². The lowest BCUT2D eigenvalue weighted by Gasteiger charge is -2.07. The molecule has 94 valence electrons. The zero-order valence-corrected chi connectivity index (χ0v) is 9.92. The number of hydrogen-bond acceptors (Lipinski definition) is 7. The van der Waals surface area contributed by atoms with Crippen LogP contribution in [0, 0.1) is 0 Å². The Kier molecular flexibility index (Phi) is 3.35. The number of rotatable bonds is 4. The Hall–Kier alpha value is -2.26. The van der Waals surface area contributed by atoms with E-state index in [0.29, 0.717) is 5.82 Å². The topological polar surface area (TPSA) is 123 Å². The minimum atomic E-state index is -3.70. The van der Waals surface area contributed by atoms with Crippen molar-refractivity contribution < 1.29 is 8.42 Å². The second kappa shape index (κ2) is 4.94. The van der Waals surface area contributed by atoms with E-state index in [-0.39, 0.29) is 10.6 Å². The number of pyridine rings is 1. The van der Waals surface area contributed by atoms with Crippen molar-refractivity contribution in [1.29, 1.82) is 0 Å². The van der Waals surface area contributed by atoms with Gasteiger partial charge >= 0.3 is 0 Å². The third-order valence-corrected chi connectivity index (χ3v) is 3.37. The first-order valence-electron chi connectivity index (χ1n) is 4.82. The normalized spacial score (nSPS) is 10.9. The number of anilines is 2. The number of nitrogens with two attached hydrogens (primary N) is 1. The Morgan fingerprint density at radius 2 is 1.83 bits per heavy atom. The highest BCUT2D eigenvalue weighted by atomic mass is 32.2. The standard InChI is InChI=1S/C9H10N6O2S/c10-14-9-2-1-8(5-13-9)18(16,17)15-7-3-11-6-12-4-7/h1-6,15H,10H2,(H,13,14). The van der Waals surface area contributed by atoms with Gasteiger partial charge in [0, 0.05) is 6.20 Å². The first kappa shape index (κ1) is 12.2. The average Bonchev–Trinajstić information content (AvgIpc) is 2.39. The smallest absolute Gasteiger partial charge is 0.263 e. The van der Waals surface area contributed by atoms with Crippen LogP contribution in [0.15, 0.2) is 41.9 Å². The van der Waals surface area contributed by atoms with Crippen LogP contribution in [0.4, 0.5) is 11.5 Å². The van der Waals surface area contributed by atoms with E-state index in [1.165, 1.54) is 37.1 Å². The van der Waals surface area contributed by atoms with Gasteiger partial charge in [-0.2, -0.15) is 0 Å². The summed E-state index contributed by atoms with van der Waals surface area (Å²) in [5.41, 5.74) is 2.59. The Balaban J connectivity index is 2.25. The highest BCUT2D eigenvalue weighted by Crippen LogP contribution is 2.14. The van der Waals surface area contributed by atoms with Crippen LogP contribution in [0.2, 0.25) is 0 Å². The summed E-state index contributed by atoms with van der Waals surface area (Å²) >= 11 is 0. The van der Waals surface area contributed by atoms with E-state index >= 15 is 0 Å². The molecule has 2 heterocycles. The molecule has 0 aliphatic rings. The summed E-state index contributed by atoms with van der Waals surface area (Å²) in [6, 6.07) is 2.84. The second-order valence-electron chi connectivity index (χ2n) is 3.26. The van der Waals surface area contributed by atoms with Gasteiger partial charge in [0.05, 0.1) is 18.1 Å². The Bertz CT molecular complexity index is 613. The first-order valence-corrected chi connectivity index (χ1v) is 6.30. The molecular formula is C9H10N6O2S. The molecule has 0 aliphatic carbocycles. The van der Waals surface area contributed by atoms with Crippen molar-refractivity contribution in [3.8, 4) is 0 Å². The third kappa shape index (κ3) is 2.70. The van der Waals surface area contributed by atoms with Crippen molar-refractivity contribution >= 4 is 21.5 Å². The molecule has 0 atom stereocenters. The highest BCUT2D eigenvalue weighted by molar-refractivity contribution is 7.92. The summed E-state index contributed by atoms with van der Waals surface area (Å²) in [6.45, 7) is 0. The monoisotopic (exact) mass is 266 g/mol. The van der Waals surface area contributed by atoms with Crippen LogP contribution < -0.4 is 16.0 Å². The quantitative estimate of drug-likeness (QED) is 0.524. The molecule has 0 saturated heterocycles. The van der Waals surface area contributed by atoms with Gasteiger partial charge in [0.15, 0.2) is 0 Å². The third-order valence-electron chi connectivity index (χ3n) is 2.01. The molecule has 2 aromatic rings. The average molecular weight is 266 g/mol. The number of nitrogen functional groups attached to an aromatic ring is 1. The maximum absolute atomic E-state index is 11.9. The Labute approximate surface area is 103 Å². The molecule has 0 spiro atoms. The molecule has 2 aromatic heterocycles. The number of hydrogen-bond donors (Lipinski definition) is 3. The van der Waals surface area contributed by atoms with Crippen LogP contribution in [0.3, 0.4) is 0 Å². The van der Waals surface area contributed by atoms with Gasteiger partial charge in [-0.15, -0.1) is 0 Å². The number of nitrogens with one attached hydrogen (secondary N) is 2. The lowest BCUT2D eigenvalue weighted by Crippen LogP contribution is -2.14. The molecule has 2 rings (SSSR count). The summed E-state index contributed by atoms with van der Waals surface area (Å²) in [5.74, 6) is 5.51. The largest absolute Gasteiger partial charge is 0.308 e. The molecule has 0 aliphatic heterocycles. The molecule has 0 radical (unpaired) electrons. The number of sulfonamides is 1. The number of nitrogens with zero attached hydrogens (tertiary/aromatic N) is 3. The van der Waals surface area contributed by atoms with Gasteiger partial charge in [0.25, 0.3) is 10.0 Å². The minimum absolute atomic E-state index is 0.0188. The van der Waals surface area contributed by atoms with Gasteiger partial charge in [-0.3, -0.25) is 4.72 Å². The molecule has 18 heavy (non-hydrogen) atoms. The lowest BCUT2D eigenvalue weighted by molar-refractivity contribution is 0.601. The van der Waals surface area contributed by atoms with Gasteiger partial charge in [-0.05, 0) is 12.1 Å². The fourth-order valence-electron chi connectivity index (χ4n) is 1.19. The second-order valence-corrected chi connectivity index (χ2v) is 4.94. The maximum Gasteiger partial charge on any atom is 0.263 e. The summed E-state index contributed by atoms with van der Waals surface area (Å²) in [6.07, 6.45) is 5.21. The van der Waals surface area contributed by atoms with Crippen LogP contribution in [-0.2, 0) is 10.0 Å². The van der Waals surface area contributed by atoms with E-state index in [4.69, 9.17) is 5.84 Å². The zero-order valence-electron chi connectivity index (χ0n) is 9.11. The molecule has 0 unspecified atom stereocenters. The van der Waals surface area contributed by atoms with Gasteiger partial charge in [-0.25, -0.2) is 29.2 Å². The van der Waals surface area contributed by atoms with E-state index < -0.39 is 10.0 Å². The fraction of sp³-hybridized carbons (Fsp3) is 0. The maximum atomic E-state index is 11.9. The van der Waals surface area contributed by atoms with Crippen LogP contribution >= 0.6 is 0 Å². The molecule has 0 saturated carbocycles. The lowest BCUT2D eigenvalue weighted by atomic mass is 10.5. The number of hydrazine groups is 1. The van der Waals surface area contributed by atoms with Crippen molar-refractivity contribution in [2.45, 2.75) is 4.90 Å². The molecule has 0 amide bonds. The zero-order chi connectivity index (χ0) is 13.0. The van der Waals surface area contributed by atoms with Crippen LogP contribution in [0.1, 0.15) is 0 Å². The first-order chi connectivity index (χ1) is 8.62. The highest BCUT2D eigenvalue weighted by Gasteiger charge is 2.14. The van der Waals surface area contributed by atoms with E-state index in [2.05, 4.69) is 25.1 Å². The fourth-order valence-corrected chi connectivity index (χ4v) is 2.16. The van der Waals surface area contributed by atoms with Crippen molar-refractivity contribution in [3.05, 3.63) is 37.1 Å². The molecule has 8 nitrogen and oxygen atoms in total. The molecule has 9 heteroatoms. The number of aromatic nitrogens is 3. The predicted octanol–water partition coefficient (Wildman–Crippen LogP) is -0.0420. The van der Waals surface area contributed by atoms with Crippen molar-refractivity contribution in [2.75, 3.05) is 10.1 Å². The van der Waals surface area contributed by atoms with E-state index in [1.807, 2.05) is 0 Å². The van der Waals surface area contributed by atoms with Crippen molar-refractivity contribution in [3.63, 3.8) is 0 Å². The van der Waals surface area contributed by atoms with E-state index in [0.717, 1.165) is 0 Å². The van der Waals surface area contributed by atoms with Crippen LogP contribution in [0.25, 0.3) is 0 Å². The molecular weight excluding hydrogens is 256 g/mol. The van der Waals surface area contributed by atoms with Gasteiger partial charge in [-0.1, -0.05) is 0 Å². The van der Waals surface area contributed by atoms with E-state index in [9.17, 15) is 8.42 Å². The Morgan fingerprint density at radius 1 is 1.11 bits per heavy atom. The summed E-state index contributed by atoms with van der Waals surface area (Å²) < 4.78 is 26.2. The van der Waals surface area contributed by atoms with Crippen molar-refractivity contribution in [2.24, 2.45) is 5.84 Å². The van der Waals surface area contributed by atoms with Gasteiger partial charge in [0.2, 0.25) is 0 Å². The predicted molar refractivity (Wildman–Crippen MR) is 64.9 cm³/mol. The van der Waals surface area contributed by atoms with Crippen molar-refractivity contribution in [1.82, 2.24) is 15.0 Å². The summed E-state index contributed by atoms with van der Waals surface area (Å²) in [7, 11) is -3.70. The molecule has 0 bridgehead atoms. The van der Waals surface area contributed by atoms with Gasteiger partial charge in [0.1, 0.15) is 17.0 Å². The van der Waals surface area contributed by atoms with Crippen LogP contribution in [0.5, 0.6) is 0 Å². The minimum Gasteiger partial charge on any atom is -0.308 e. The summed E-state index contributed by atoms with van der Waals surface area (Å²) in [4.78, 5) is 11.3. The van der Waals surface area contributed by atoms with E-state index in [1.54, 1.807) is 0 Å². The van der Waals surface area contributed by atoms with Gasteiger partial charge < -0.3 is 5.43 Å². The molecule has 0 fully saturated rings. The summed E-state index contributed by atoms with van der Waals surface area (Å²) in [5, 5.41) is 0. The molecule has 4 N–H and O–H groups in total. The molecule has 0 aromatic carbocycles. The SMILES string of the molecule is NNc1ccc(S(=O)(=O)Nc2cncnc2)cn1. The Morgan fingerprint density at radius 3 is 2.39 bits per heavy atom.